The molecule has 32 heavy (non-hydrogen) atoms. The van der Waals surface area contributed by atoms with Gasteiger partial charge in [0, 0.05) is 15.6 Å². The molecule has 1 atom stereocenters. The Hall–Kier alpha value is -2.87. The Morgan fingerprint density at radius 2 is 1.84 bits per heavy atom. The van der Waals surface area contributed by atoms with Gasteiger partial charge in [-0.25, -0.2) is 14.6 Å². The highest BCUT2D eigenvalue weighted by Crippen LogP contribution is 2.32. The third-order valence-electron chi connectivity index (χ3n) is 5.42. The number of imidazole rings is 1. The molecule has 0 saturated heterocycles. The van der Waals surface area contributed by atoms with E-state index in [0.29, 0.717) is 39.6 Å². The van der Waals surface area contributed by atoms with Gasteiger partial charge in [-0.15, -0.1) is 5.10 Å². The Morgan fingerprint density at radius 1 is 1.06 bits per heavy atom. The molecule has 0 fully saturated rings. The van der Waals surface area contributed by atoms with Crippen LogP contribution in [0.4, 0.5) is 0 Å². The summed E-state index contributed by atoms with van der Waals surface area (Å²) in [5.41, 5.74) is 2.83. The number of hydrogen-bond acceptors (Lipinski definition) is 4. The van der Waals surface area contributed by atoms with Gasteiger partial charge in [-0.2, -0.15) is 0 Å². The summed E-state index contributed by atoms with van der Waals surface area (Å²) in [5.74, 6) is 0.338. The van der Waals surface area contributed by atoms with Crippen molar-refractivity contribution in [2.75, 3.05) is 0 Å². The van der Waals surface area contributed by atoms with Crippen molar-refractivity contribution in [2.24, 2.45) is 0 Å². The normalized spacial score (nSPS) is 15.0. The van der Waals surface area contributed by atoms with Gasteiger partial charge in [-0.3, -0.25) is 9.36 Å². The van der Waals surface area contributed by atoms with Crippen LogP contribution in [-0.2, 0) is 13.0 Å². The molecule has 1 aliphatic heterocycles. The van der Waals surface area contributed by atoms with Crippen molar-refractivity contribution < 1.29 is 4.79 Å². The van der Waals surface area contributed by atoms with Crippen molar-refractivity contribution in [3.8, 4) is 5.69 Å². The highest BCUT2D eigenvalue weighted by atomic mass is 35.5. The molecule has 1 N–H and O–H groups in total. The number of aryl methyl sites for hydroxylation is 1. The SMILES string of the molecule is O=C(NC1CCc2ccccc2-n2c(Cl)cnc21)c1ncn(Cc2c(Cl)cccc2Cl)n1. The summed E-state index contributed by atoms with van der Waals surface area (Å²) in [5, 5.41) is 8.86. The van der Waals surface area contributed by atoms with Crippen LogP contribution in [0.3, 0.4) is 0 Å². The lowest BCUT2D eigenvalue weighted by Gasteiger charge is -2.16. The zero-order valence-corrected chi connectivity index (χ0v) is 18.9. The van der Waals surface area contributed by atoms with Gasteiger partial charge < -0.3 is 5.32 Å². The van der Waals surface area contributed by atoms with Gasteiger partial charge in [0.25, 0.3) is 5.91 Å². The first-order valence-electron chi connectivity index (χ1n) is 9.96. The quantitative estimate of drug-likeness (QED) is 0.445. The number of rotatable bonds is 4. The van der Waals surface area contributed by atoms with Crippen molar-refractivity contribution in [1.82, 2.24) is 29.6 Å². The Labute approximate surface area is 199 Å². The Kier molecular flexibility index (Phi) is 5.63. The summed E-state index contributed by atoms with van der Waals surface area (Å²) in [6, 6.07) is 12.9. The number of nitrogens with zero attached hydrogens (tertiary/aromatic N) is 5. The molecule has 4 aromatic rings. The molecular formula is C22H17Cl3N6O. The zero-order valence-electron chi connectivity index (χ0n) is 16.7. The molecule has 10 heteroatoms. The van der Waals surface area contributed by atoms with Gasteiger partial charge in [0.1, 0.15) is 17.3 Å². The van der Waals surface area contributed by atoms with Crippen LogP contribution in [0.5, 0.6) is 0 Å². The smallest absolute Gasteiger partial charge is 0.291 e. The highest BCUT2D eigenvalue weighted by Gasteiger charge is 2.28. The third-order valence-corrected chi connectivity index (χ3v) is 6.39. The Balaban J connectivity index is 1.37. The predicted octanol–water partition coefficient (Wildman–Crippen LogP) is 4.89. The molecule has 7 nitrogen and oxygen atoms in total. The minimum Gasteiger partial charge on any atom is -0.339 e. The molecule has 2 aromatic carbocycles. The van der Waals surface area contributed by atoms with Crippen molar-refractivity contribution in [1.29, 1.82) is 0 Å². The lowest BCUT2D eigenvalue weighted by molar-refractivity contribution is 0.0922. The number of aromatic nitrogens is 5. The minimum atomic E-state index is -0.393. The van der Waals surface area contributed by atoms with Crippen molar-refractivity contribution in [3.05, 3.63) is 93.0 Å². The van der Waals surface area contributed by atoms with E-state index >= 15 is 0 Å². The van der Waals surface area contributed by atoms with E-state index in [1.807, 2.05) is 22.8 Å². The number of amides is 1. The lowest BCUT2D eigenvalue weighted by atomic mass is 10.1. The predicted molar refractivity (Wildman–Crippen MR) is 123 cm³/mol. The number of nitrogens with one attached hydrogen (secondary N) is 1. The maximum atomic E-state index is 12.9. The number of benzene rings is 2. The molecule has 0 spiro atoms. The second kappa shape index (κ2) is 8.58. The number of halogens is 3. The van der Waals surface area contributed by atoms with Crippen molar-refractivity contribution in [2.45, 2.75) is 25.4 Å². The largest absolute Gasteiger partial charge is 0.339 e. The molecule has 3 heterocycles. The number of fused-ring (bicyclic) bond motifs is 3. The molecule has 0 bridgehead atoms. The maximum absolute atomic E-state index is 12.9. The average molecular weight is 488 g/mol. The number of hydrogen-bond donors (Lipinski definition) is 1. The van der Waals surface area contributed by atoms with Crippen LogP contribution in [0.15, 0.2) is 55.0 Å². The standard InChI is InChI=1S/C22H17Cl3N6O/c23-15-5-3-6-16(24)14(15)11-30-12-27-20(29-30)22(32)28-17-9-8-13-4-1-2-7-18(13)31-19(25)10-26-21(17)31/h1-7,10,12,17H,8-9,11H2,(H,28,32). The van der Waals surface area contributed by atoms with Crippen LogP contribution in [0.25, 0.3) is 5.69 Å². The molecule has 0 saturated carbocycles. The first-order chi connectivity index (χ1) is 15.5. The number of carbonyl (C=O) groups is 1. The van der Waals surface area contributed by atoms with E-state index in [1.165, 1.54) is 11.0 Å². The van der Waals surface area contributed by atoms with Crippen LogP contribution in [-0.4, -0.2) is 30.2 Å². The summed E-state index contributed by atoms with van der Waals surface area (Å²) in [7, 11) is 0. The monoisotopic (exact) mass is 486 g/mol. The molecule has 5 rings (SSSR count). The summed E-state index contributed by atoms with van der Waals surface area (Å²) in [6.45, 7) is 0.303. The lowest BCUT2D eigenvalue weighted by Crippen LogP contribution is -2.31. The maximum Gasteiger partial charge on any atom is 0.291 e. The van der Waals surface area contributed by atoms with Gasteiger partial charge in [0.2, 0.25) is 5.82 Å². The van der Waals surface area contributed by atoms with E-state index in [-0.39, 0.29) is 11.9 Å². The topological polar surface area (TPSA) is 77.6 Å². The molecule has 1 aliphatic rings. The van der Waals surface area contributed by atoms with Crippen LogP contribution in [0.2, 0.25) is 15.2 Å². The minimum absolute atomic E-state index is 0.0548. The first-order valence-corrected chi connectivity index (χ1v) is 11.1. The summed E-state index contributed by atoms with van der Waals surface area (Å²) in [6.07, 6.45) is 4.52. The Bertz CT molecular complexity index is 1290. The highest BCUT2D eigenvalue weighted by molar-refractivity contribution is 6.36. The summed E-state index contributed by atoms with van der Waals surface area (Å²) >= 11 is 18.9. The molecule has 1 unspecified atom stereocenters. The number of para-hydroxylation sites is 1. The van der Waals surface area contributed by atoms with Crippen LogP contribution in [0.1, 0.15) is 40.0 Å². The van der Waals surface area contributed by atoms with Gasteiger partial charge in [0.05, 0.1) is 24.5 Å². The van der Waals surface area contributed by atoms with E-state index < -0.39 is 5.91 Å². The third kappa shape index (κ3) is 3.88. The van der Waals surface area contributed by atoms with Crippen molar-refractivity contribution in [3.63, 3.8) is 0 Å². The average Bonchev–Trinajstić information content (AvgIpc) is 3.37. The van der Waals surface area contributed by atoms with Crippen molar-refractivity contribution >= 4 is 40.7 Å². The first kappa shape index (κ1) is 21.0. The molecule has 2 aromatic heterocycles. The zero-order chi connectivity index (χ0) is 22.2. The van der Waals surface area contributed by atoms with Crippen LogP contribution >= 0.6 is 34.8 Å². The second-order valence-corrected chi connectivity index (χ2v) is 8.64. The fraction of sp³-hybridized carbons (Fsp3) is 0.182. The second-order valence-electron chi connectivity index (χ2n) is 7.43. The number of carbonyl (C=O) groups excluding carboxylic acids is 1. The fourth-order valence-electron chi connectivity index (χ4n) is 3.88. The van der Waals surface area contributed by atoms with E-state index in [0.717, 1.165) is 17.7 Å². The van der Waals surface area contributed by atoms with E-state index in [2.05, 4.69) is 26.4 Å². The van der Waals surface area contributed by atoms with E-state index in [9.17, 15) is 4.79 Å². The summed E-state index contributed by atoms with van der Waals surface area (Å²) in [4.78, 5) is 21.6. The summed E-state index contributed by atoms with van der Waals surface area (Å²) < 4.78 is 3.41. The van der Waals surface area contributed by atoms with E-state index in [4.69, 9.17) is 34.8 Å². The molecule has 162 valence electrons. The van der Waals surface area contributed by atoms with Crippen LogP contribution < -0.4 is 5.32 Å². The van der Waals surface area contributed by atoms with Gasteiger partial charge in [-0.1, -0.05) is 59.1 Å². The molecule has 0 radical (unpaired) electrons. The van der Waals surface area contributed by atoms with E-state index in [1.54, 1.807) is 24.4 Å². The van der Waals surface area contributed by atoms with Gasteiger partial charge in [-0.05, 0) is 36.6 Å². The molecular weight excluding hydrogens is 471 g/mol. The van der Waals surface area contributed by atoms with Gasteiger partial charge >= 0.3 is 0 Å². The molecule has 1 amide bonds. The van der Waals surface area contributed by atoms with Gasteiger partial charge in [0.15, 0.2) is 0 Å². The fourth-order valence-corrected chi connectivity index (χ4v) is 4.62. The Morgan fingerprint density at radius 3 is 2.66 bits per heavy atom. The molecule has 0 aliphatic carbocycles. The van der Waals surface area contributed by atoms with Crippen LogP contribution in [0, 0.1) is 0 Å².